The van der Waals surface area contributed by atoms with Gasteiger partial charge in [0.15, 0.2) is 0 Å². The summed E-state index contributed by atoms with van der Waals surface area (Å²) in [6.07, 6.45) is 2.35. The fourth-order valence-corrected chi connectivity index (χ4v) is 7.07. The first kappa shape index (κ1) is 36.2. The van der Waals surface area contributed by atoms with Crippen LogP contribution in [-0.4, -0.2) is 78.2 Å². The van der Waals surface area contributed by atoms with Crippen molar-refractivity contribution >= 4 is 17.8 Å². The third-order valence-electron chi connectivity index (χ3n) is 9.56. The molecule has 3 fully saturated rings. The summed E-state index contributed by atoms with van der Waals surface area (Å²) in [5.41, 5.74) is 4.03. The van der Waals surface area contributed by atoms with Gasteiger partial charge in [0, 0.05) is 44.2 Å². The molecule has 0 spiro atoms. The van der Waals surface area contributed by atoms with Crippen LogP contribution in [0.1, 0.15) is 85.0 Å². The Morgan fingerprint density at radius 1 is 0.979 bits per heavy atom. The van der Waals surface area contributed by atoms with Crippen LogP contribution in [0.4, 0.5) is 13.2 Å². The highest BCUT2D eigenvalue weighted by molar-refractivity contribution is 5.97. The van der Waals surface area contributed by atoms with Crippen LogP contribution in [0.25, 0.3) is 0 Å². The molecule has 3 atom stereocenters. The zero-order valence-corrected chi connectivity index (χ0v) is 27.7. The van der Waals surface area contributed by atoms with Gasteiger partial charge in [0.2, 0.25) is 5.91 Å². The number of rotatable bonds is 11. The van der Waals surface area contributed by atoms with E-state index in [1.165, 1.54) is 18.4 Å². The van der Waals surface area contributed by atoms with Gasteiger partial charge < -0.3 is 25.0 Å². The maximum absolute atomic E-state index is 13.6. The van der Waals surface area contributed by atoms with Gasteiger partial charge in [0.05, 0.1) is 12.6 Å². The van der Waals surface area contributed by atoms with E-state index in [-0.39, 0.29) is 23.8 Å². The number of benzene rings is 2. The number of carbonyl (C=O) groups excluding carboxylic acids is 2. The van der Waals surface area contributed by atoms with Crippen LogP contribution in [-0.2, 0) is 9.59 Å². The number of aryl methyl sites for hydroxylation is 2. The smallest absolute Gasteiger partial charge is 0.490 e. The predicted molar refractivity (Wildman–Crippen MR) is 173 cm³/mol. The van der Waals surface area contributed by atoms with Crippen molar-refractivity contribution in [3.8, 4) is 5.75 Å². The zero-order valence-electron chi connectivity index (χ0n) is 27.7. The molecule has 2 N–H and O–H groups in total. The number of carboxylic acids is 1. The molecule has 2 amide bonds. The molecule has 11 heteroatoms. The SMILES string of the molecule is CCCCOc1cc(C)c(C(=O)N2CC3CN(CCC(NC(=O)C4CCCC4)c4ccccc4)C[C@H]3C2)c(C)c1.O=C(O)C(F)(F)F. The van der Waals surface area contributed by atoms with E-state index >= 15 is 0 Å². The van der Waals surface area contributed by atoms with E-state index in [4.69, 9.17) is 14.6 Å². The molecule has 0 bridgehead atoms. The molecule has 2 aromatic rings. The third-order valence-corrected chi connectivity index (χ3v) is 9.56. The van der Waals surface area contributed by atoms with Gasteiger partial charge in [-0.2, -0.15) is 13.2 Å². The molecular formula is C36H48F3N3O5. The Bertz CT molecular complexity index is 1330. The number of halogens is 3. The summed E-state index contributed by atoms with van der Waals surface area (Å²) in [4.78, 5) is 40.1. The first-order chi connectivity index (χ1) is 22.4. The van der Waals surface area contributed by atoms with Crippen LogP contribution in [0.3, 0.4) is 0 Å². The molecular weight excluding hydrogens is 611 g/mol. The molecule has 3 aliphatic rings. The van der Waals surface area contributed by atoms with Crippen LogP contribution in [0.5, 0.6) is 5.75 Å². The van der Waals surface area contributed by atoms with Crippen LogP contribution in [0.2, 0.25) is 0 Å². The minimum atomic E-state index is -5.08. The van der Waals surface area contributed by atoms with Crippen molar-refractivity contribution in [2.75, 3.05) is 39.3 Å². The van der Waals surface area contributed by atoms with Gasteiger partial charge in [-0.15, -0.1) is 0 Å². The Morgan fingerprint density at radius 3 is 2.09 bits per heavy atom. The summed E-state index contributed by atoms with van der Waals surface area (Å²) in [7, 11) is 0. The lowest BCUT2D eigenvalue weighted by atomic mass is 10.0. The van der Waals surface area contributed by atoms with E-state index in [1.54, 1.807) is 0 Å². The maximum Gasteiger partial charge on any atom is 0.490 e. The third kappa shape index (κ3) is 9.95. The average Bonchev–Trinajstić information content (AvgIpc) is 3.77. The molecule has 5 rings (SSSR count). The Hall–Kier alpha value is -3.60. The zero-order chi connectivity index (χ0) is 34.1. The number of carboxylic acid groups (broad SMARTS) is 1. The summed E-state index contributed by atoms with van der Waals surface area (Å²) < 4.78 is 37.6. The standard InChI is InChI=1S/C34H47N3O3.C2HF3O2/c1-4-5-17-40-30-18-24(2)32(25(3)19-30)34(39)37-22-28-20-36(21-29(28)23-37)16-15-31(26-11-7-6-8-12-26)35-33(38)27-13-9-10-14-27;3-2(4,5)1(6)7/h6-8,11-12,18-19,27-29,31H,4-5,9-10,13-17,20-23H2,1-3H3,(H,35,38);(H,6,7)/t28-,29?,31?;/m0./s1. The topological polar surface area (TPSA) is 99.2 Å². The molecule has 2 aromatic carbocycles. The summed E-state index contributed by atoms with van der Waals surface area (Å²) in [5.74, 6) is -0.290. The molecule has 2 saturated heterocycles. The number of aliphatic carboxylic acids is 1. The molecule has 8 nitrogen and oxygen atoms in total. The second-order valence-electron chi connectivity index (χ2n) is 13.2. The van der Waals surface area contributed by atoms with Crippen molar-refractivity contribution in [2.45, 2.75) is 77.9 Å². The summed E-state index contributed by atoms with van der Waals surface area (Å²) >= 11 is 0. The molecule has 258 valence electrons. The number of amides is 2. The minimum Gasteiger partial charge on any atom is -0.494 e. The molecule has 2 heterocycles. The average molecular weight is 660 g/mol. The number of ether oxygens (including phenoxy) is 1. The highest BCUT2D eigenvalue weighted by Gasteiger charge is 2.42. The van der Waals surface area contributed by atoms with Gasteiger partial charge in [-0.25, -0.2) is 4.79 Å². The summed E-state index contributed by atoms with van der Waals surface area (Å²) in [5, 5.41) is 10.5. The Morgan fingerprint density at radius 2 is 1.55 bits per heavy atom. The number of alkyl halides is 3. The van der Waals surface area contributed by atoms with Crippen molar-refractivity contribution < 1.29 is 37.4 Å². The van der Waals surface area contributed by atoms with Crippen LogP contribution < -0.4 is 10.1 Å². The Labute approximate surface area is 275 Å². The predicted octanol–water partition coefficient (Wildman–Crippen LogP) is 6.56. The fraction of sp³-hybridized carbons (Fsp3) is 0.583. The molecule has 0 aromatic heterocycles. The molecule has 1 aliphatic carbocycles. The number of nitrogens with one attached hydrogen (secondary N) is 1. The lowest BCUT2D eigenvalue weighted by Gasteiger charge is -2.26. The monoisotopic (exact) mass is 659 g/mol. The number of hydrogen-bond donors (Lipinski definition) is 2. The van der Waals surface area contributed by atoms with E-state index < -0.39 is 12.1 Å². The highest BCUT2D eigenvalue weighted by Crippen LogP contribution is 2.34. The van der Waals surface area contributed by atoms with E-state index in [1.807, 2.05) is 32.0 Å². The molecule has 2 aliphatic heterocycles. The maximum atomic E-state index is 13.6. The Kier molecular flexibility index (Phi) is 12.7. The molecule has 0 radical (unpaired) electrons. The Balaban J connectivity index is 0.000000644. The van der Waals surface area contributed by atoms with E-state index in [0.29, 0.717) is 18.4 Å². The van der Waals surface area contributed by atoms with Gasteiger partial charge in [0.25, 0.3) is 5.91 Å². The first-order valence-corrected chi connectivity index (χ1v) is 16.8. The summed E-state index contributed by atoms with van der Waals surface area (Å²) in [6, 6.07) is 14.5. The van der Waals surface area contributed by atoms with Crippen molar-refractivity contribution in [1.29, 1.82) is 0 Å². The van der Waals surface area contributed by atoms with E-state index in [0.717, 1.165) is 87.3 Å². The number of hydrogen-bond acceptors (Lipinski definition) is 5. The quantitative estimate of drug-likeness (QED) is 0.265. The minimum absolute atomic E-state index is 0.0488. The van der Waals surface area contributed by atoms with Crippen LogP contribution in [0.15, 0.2) is 42.5 Å². The first-order valence-electron chi connectivity index (χ1n) is 16.8. The van der Waals surface area contributed by atoms with Crippen LogP contribution >= 0.6 is 0 Å². The highest BCUT2D eigenvalue weighted by atomic mass is 19.4. The van der Waals surface area contributed by atoms with Crippen molar-refractivity contribution in [3.05, 3.63) is 64.7 Å². The van der Waals surface area contributed by atoms with Crippen LogP contribution in [0, 0.1) is 31.6 Å². The second kappa shape index (κ2) is 16.5. The molecule has 1 saturated carbocycles. The van der Waals surface area contributed by atoms with Gasteiger partial charge in [-0.05, 0) is 80.2 Å². The van der Waals surface area contributed by atoms with E-state index in [9.17, 15) is 22.8 Å². The van der Waals surface area contributed by atoms with Crippen molar-refractivity contribution in [1.82, 2.24) is 15.1 Å². The van der Waals surface area contributed by atoms with E-state index in [2.05, 4.69) is 46.3 Å². The number of unbranched alkanes of at least 4 members (excludes halogenated alkanes) is 1. The molecule has 2 unspecified atom stereocenters. The lowest BCUT2D eigenvalue weighted by molar-refractivity contribution is -0.192. The van der Waals surface area contributed by atoms with Crippen molar-refractivity contribution in [2.24, 2.45) is 17.8 Å². The largest absolute Gasteiger partial charge is 0.494 e. The lowest BCUT2D eigenvalue weighted by Crippen LogP contribution is -2.37. The fourth-order valence-electron chi connectivity index (χ4n) is 7.07. The van der Waals surface area contributed by atoms with Gasteiger partial charge in [0.1, 0.15) is 5.75 Å². The number of fused-ring (bicyclic) bond motifs is 1. The molecule has 47 heavy (non-hydrogen) atoms. The van der Waals surface area contributed by atoms with Gasteiger partial charge in [-0.3, -0.25) is 9.59 Å². The number of nitrogens with zero attached hydrogens (tertiary/aromatic N) is 2. The van der Waals surface area contributed by atoms with Gasteiger partial charge >= 0.3 is 12.1 Å². The number of likely N-dealkylation sites (tertiary alicyclic amines) is 2. The summed E-state index contributed by atoms with van der Waals surface area (Å²) in [6.45, 7) is 11.6. The number of carbonyl (C=O) groups is 3. The normalized spacial score (nSPS) is 20.3. The van der Waals surface area contributed by atoms with Gasteiger partial charge in [-0.1, -0.05) is 56.5 Å². The second-order valence-corrected chi connectivity index (χ2v) is 13.2. The van der Waals surface area contributed by atoms with Crippen molar-refractivity contribution in [3.63, 3.8) is 0 Å².